The number of nitrogens with one attached hydrogen (secondary N) is 1. The lowest BCUT2D eigenvalue weighted by molar-refractivity contribution is -0.116. The Morgan fingerprint density at radius 2 is 1.97 bits per heavy atom. The summed E-state index contributed by atoms with van der Waals surface area (Å²) in [6.45, 7) is 2.83. The molecule has 0 radical (unpaired) electrons. The highest BCUT2D eigenvalue weighted by Crippen LogP contribution is 2.31. The highest BCUT2D eigenvalue weighted by Gasteiger charge is 2.22. The van der Waals surface area contributed by atoms with Crippen LogP contribution in [0.25, 0.3) is 21.7 Å². The first-order chi connectivity index (χ1) is 14.1. The van der Waals surface area contributed by atoms with Crippen molar-refractivity contribution < 1.29 is 9.21 Å². The van der Waals surface area contributed by atoms with Gasteiger partial charge in [-0.2, -0.15) is 0 Å². The molecule has 4 aromatic rings. The van der Waals surface area contributed by atoms with Gasteiger partial charge in [-0.3, -0.25) is 4.79 Å². The summed E-state index contributed by atoms with van der Waals surface area (Å²) >= 11 is 0. The number of hydrogen-bond donors (Lipinski definition) is 1. The van der Waals surface area contributed by atoms with Gasteiger partial charge in [0.1, 0.15) is 5.58 Å². The second-order valence-corrected chi connectivity index (χ2v) is 7.37. The second kappa shape index (κ2) is 6.78. The molecule has 2 heterocycles. The smallest absolute Gasteiger partial charge is 0.336 e. The highest BCUT2D eigenvalue weighted by molar-refractivity contribution is 6.07. The molecule has 1 aliphatic heterocycles. The van der Waals surface area contributed by atoms with Gasteiger partial charge in [0.25, 0.3) is 0 Å². The van der Waals surface area contributed by atoms with Crippen molar-refractivity contribution in [3.05, 3.63) is 82.2 Å². The summed E-state index contributed by atoms with van der Waals surface area (Å²) < 4.78 is 5.44. The number of carbonyl (C=O) groups excluding carboxylic acids is 1. The molecule has 0 aliphatic carbocycles. The van der Waals surface area contributed by atoms with Crippen molar-refractivity contribution in [1.29, 1.82) is 0 Å². The van der Waals surface area contributed by atoms with E-state index in [-0.39, 0.29) is 11.5 Å². The summed E-state index contributed by atoms with van der Waals surface area (Å²) in [5.74, 6) is 0.0683. The van der Waals surface area contributed by atoms with Crippen LogP contribution < -0.4 is 15.8 Å². The molecule has 0 saturated carbocycles. The van der Waals surface area contributed by atoms with Gasteiger partial charge in [-0.15, -0.1) is 0 Å². The molecule has 1 N–H and O–H groups in total. The van der Waals surface area contributed by atoms with Gasteiger partial charge < -0.3 is 14.6 Å². The first kappa shape index (κ1) is 17.5. The van der Waals surface area contributed by atoms with E-state index in [1.807, 2.05) is 42.5 Å². The van der Waals surface area contributed by atoms with E-state index in [2.05, 4.69) is 17.4 Å². The Kier molecular flexibility index (Phi) is 4.09. The average molecular weight is 384 g/mol. The van der Waals surface area contributed by atoms with E-state index in [9.17, 15) is 9.59 Å². The Hall–Kier alpha value is -3.60. The van der Waals surface area contributed by atoms with Crippen LogP contribution in [0.3, 0.4) is 0 Å². The normalized spacial score (nSPS) is 13.1. The molecule has 29 heavy (non-hydrogen) atoms. The summed E-state index contributed by atoms with van der Waals surface area (Å²) in [5, 5.41) is 6.57. The molecule has 5 heteroatoms. The summed E-state index contributed by atoms with van der Waals surface area (Å²) in [5.41, 5.74) is 4.26. The minimum Gasteiger partial charge on any atom is -0.423 e. The molecule has 5 rings (SSSR count). The number of rotatable bonds is 3. The molecule has 0 unspecified atom stereocenters. The van der Waals surface area contributed by atoms with Crippen molar-refractivity contribution >= 4 is 39.0 Å². The van der Waals surface area contributed by atoms with E-state index in [1.54, 1.807) is 17.9 Å². The highest BCUT2D eigenvalue weighted by atomic mass is 16.4. The Morgan fingerprint density at radius 3 is 2.83 bits per heavy atom. The van der Waals surface area contributed by atoms with Crippen LogP contribution in [0.1, 0.15) is 18.1 Å². The molecular formula is C24H20N2O3. The standard InChI is InChI=1S/C24H20N2O3/c1-15(27)26-11-10-17-12-19(7-8-21(17)26)25-14-18-13-23(28)29-22-9-6-16-4-2-3-5-20(16)24(18)22/h2-9,12-13,25H,10-11,14H2,1H3. The van der Waals surface area contributed by atoms with Gasteiger partial charge in [0.05, 0.1) is 0 Å². The number of anilines is 2. The Morgan fingerprint density at radius 1 is 1.10 bits per heavy atom. The number of nitrogens with zero attached hydrogens (tertiary/aromatic N) is 1. The lowest BCUT2D eigenvalue weighted by Crippen LogP contribution is -2.25. The minimum atomic E-state index is -0.351. The molecule has 0 bridgehead atoms. The van der Waals surface area contributed by atoms with Crippen molar-refractivity contribution in [2.24, 2.45) is 0 Å². The molecule has 0 fully saturated rings. The molecular weight excluding hydrogens is 364 g/mol. The van der Waals surface area contributed by atoms with Gasteiger partial charge in [0.15, 0.2) is 0 Å². The van der Waals surface area contributed by atoms with Gasteiger partial charge in [-0.05, 0) is 52.6 Å². The fraction of sp³-hybridized carbons (Fsp3) is 0.167. The number of carbonyl (C=O) groups is 1. The summed E-state index contributed by atoms with van der Waals surface area (Å²) in [6.07, 6.45) is 0.854. The van der Waals surface area contributed by atoms with Crippen molar-refractivity contribution in [3.63, 3.8) is 0 Å². The summed E-state index contributed by atoms with van der Waals surface area (Å²) in [7, 11) is 0. The van der Waals surface area contributed by atoms with E-state index in [0.717, 1.165) is 51.6 Å². The summed E-state index contributed by atoms with van der Waals surface area (Å²) in [4.78, 5) is 25.6. The Bertz CT molecular complexity index is 1320. The van der Waals surface area contributed by atoms with Crippen LogP contribution in [0, 0.1) is 0 Å². The third kappa shape index (κ3) is 3.05. The molecule has 5 nitrogen and oxygen atoms in total. The average Bonchev–Trinajstić information content (AvgIpc) is 3.15. The van der Waals surface area contributed by atoms with Gasteiger partial charge in [-0.1, -0.05) is 30.3 Å². The molecule has 0 saturated heterocycles. The van der Waals surface area contributed by atoms with Crippen LogP contribution in [0.4, 0.5) is 11.4 Å². The number of fused-ring (bicyclic) bond motifs is 4. The fourth-order valence-corrected chi connectivity index (χ4v) is 4.20. The zero-order valence-corrected chi connectivity index (χ0v) is 16.1. The van der Waals surface area contributed by atoms with E-state index < -0.39 is 0 Å². The van der Waals surface area contributed by atoms with Crippen LogP contribution in [0.5, 0.6) is 0 Å². The van der Waals surface area contributed by atoms with Gasteiger partial charge >= 0.3 is 5.63 Å². The van der Waals surface area contributed by atoms with Crippen molar-refractivity contribution in [1.82, 2.24) is 0 Å². The molecule has 1 amide bonds. The van der Waals surface area contributed by atoms with Crippen LogP contribution >= 0.6 is 0 Å². The maximum Gasteiger partial charge on any atom is 0.336 e. The first-order valence-corrected chi connectivity index (χ1v) is 9.69. The Labute approximate surface area is 167 Å². The second-order valence-electron chi connectivity index (χ2n) is 7.37. The maximum absolute atomic E-state index is 12.1. The molecule has 0 atom stereocenters. The zero-order chi connectivity index (χ0) is 20.0. The van der Waals surface area contributed by atoms with Crippen LogP contribution in [0.15, 0.2) is 69.9 Å². The largest absolute Gasteiger partial charge is 0.423 e. The van der Waals surface area contributed by atoms with E-state index >= 15 is 0 Å². The van der Waals surface area contributed by atoms with Crippen LogP contribution in [0.2, 0.25) is 0 Å². The van der Waals surface area contributed by atoms with Crippen molar-refractivity contribution in [2.45, 2.75) is 19.9 Å². The lowest BCUT2D eigenvalue weighted by atomic mass is 10.0. The predicted octanol–water partition coefficient (Wildman–Crippen LogP) is 4.47. The molecule has 0 spiro atoms. The monoisotopic (exact) mass is 384 g/mol. The van der Waals surface area contributed by atoms with Gasteiger partial charge in [0.2, 0.25) is 5.91 Å². The zero-order valence-electron chi connectivity index (χ0n) is 16.1. The van der Waals surface area contributed by atoms with E-state index in [1.165, 1.54) is 0 Å². The van der Waals surface area contributed by atoms with Crippen LogP contribution in [-0.2, 0) is 17.8 Å². The Balaban J connectivity index is 1.51. The third-order valence-electron chi connectivity index (χ3n) is 5.55. The van der Waals surface area contributed by atoms with E-state index in [0.29, 0.717) is 12.1 Å². The number of amides is 1. The molecule has 144 valence electrons. The van der Waals surface area contributed by atoms with Crippen molar-refractivity contribution in [3.8, 4) is 0 Å². The minimum absolute atomic E-state index is 0.0683. The fourth-order valence-electron chi connectivity index (χ4n) is 4.20. The molecule has 1 aliphatic rings. The number of benzene rings is 3. The van der Waals surface area contributed by atoms with Crippen molar-refractivity contribution in [2.75, 3.05) is 16.8 Å². The number of hydrogen-bond acceptors (Lipinski definition) is 4. The quantitative estimate of drug-likeness (QED) is 0.418. The van der Waals surface area contributed by atoms with E-state index in [4.69, 9.17) is 4.42 Å². The molecule has 1 aromatic heterocycles. The lowest BCUT2D eigenvalue weighted by Gasteiger charge is -2.15. The van der Waals surface area contributed by atoms with Gasteiger partial charge in [0, 0.05) is 42.8 Å². The predicted molar refractivity (Wildman–Crippen MR) is 115 cm³/mol. The molecule has 3 aromatic carbocycles. The van der Waals surface area contributed by atoms with Crippen LogP contribution in [-0.4, -0.2) is 12.5 Å². The topological polar surface area (TPSA) is 62.6 Å². The SMILES string of the molecule is CC(=O)N1CCc2cc(NCc3cc(=O)oc4ccc5ccccc5c34)ccc21. The summed E-state index contributed by atoms with van der Waals surface area (Å²) in [6, 6.07) is 19.5. The third-order valence-corrected chi connectivity index (χ3v) is 5.55. The van der Waals surface area contributed by atoms with Gasteiger partial charge in [-0.25, -0.2) is 4.79 Å². The first-order valence-electron chi connectivity index (χ1n) is 9.69. The maximum atomic E-state index is 12.1.